The van der Waals surface area contributed by atoms with E-state index in [1.165, 1.54) is 18.2 Å². The van der Waals surface area contributed by atoms with Crippen molar-refractivity contribution >= 4 is 17.5 Å². The molecule has 0 spiro atoms. The van der Waals surface area contributed by atoms with Crippen LogP contribution in [0.5, 0.6) is 0 Å². The van der Waals surface area contributed by atoms with Gasteiger partial charge < -0.3 is 10.2 Å². The third kappa shape index (κ3) is 2.76. The van der Waals surface area contributed by atoms with Crippen LogP contribution < -0.4 is 5.32 Å². The summed E-state index contributed by atoms with van der Waals surface area (Å²) in [4.78, 5) is 13.9. The monoisotopic (exact) mass is 256 g/mol. The summed E-state index contributed by atoms with van der Waals surface area (Å²) in [5.74, 6) is -0.600. The minimum Gasteiger partial charge on any atom is -0.336 e. The molecule has 2 rings (SSSR count). The second-order valence-corrected chi connectivity index (χ2v) is 4.64. The fraction of sp³-hybridized carbons (Fsp3) is 0.417. The number of nitrogens with one attached hydrogen (secondary N) is 1. The molecule has 0 aliphatic carbocycles. The lowest BCUT2D eigenvalue weighted by Gasteiger charge is -2.32. The van der Waals surface area contributed by atoms with E-state index in [-0.39, 0.29) is 17.0 Å². The first-order valence-corrected chi connectivity index (χ1v) is 5.93. The van der Waals surface area contributed by atoms with E-state index >= 15 is 0 Å². The highest BCUT2D eigenvalue weighted by Crippen LogP contribution is 2.17. The van der Waals surface area contributed by atoms with Gasteiger partial charge in [0.25, 0.3) is 5.91 Å². The van der Waals surface area contributed by atoms with Crippen LogP contribution in [0.4, 0.5) is 4.39 Å². The fourth-order valence-corrected chi connectivity index (χ4v) is 2.11. The maximum absolute atomic E-state index is 13.0. The molecule has 0 unspecified atom stereocenters. The number of amides is 1. The lowest BCUT2D eigenvalue weighted by molar-refractivity contribution is 0.0709. The van der Waals surface area contributed by atoms with E-state index in [0.29, 0.717) is 18.7 Å². The lowest BCUT2D eigenvalue weighted by atomic mass is 10.1. The molecule has 1 fully saturated rings. The van der Waals surface area contributed by atoms with E-state index in [2.05, 4.69) is 5.32 Å². The van der Waals surface area contributed by atoms with Gasteiger partial charge in [0.05, 0.1) is 5.02 Å². The van der Waals surface area contributed by atoms with E-state index in [1.807, 2.05) is 6.92 Å². The average molecular weight is 257 g/mol. The zero-order valence-corrected chi connectivity index (χ0v) is 10.3. The Kier molecular flexibility index (Phi) is 3.64. The van der Waals surface area contributed by atoms with Crippen molar-refractivity contribution in [2.75, 3.05) is 19.6 Å². The fourth-order valence-electron chi connectivity index (χ4n) is 1.93. The minimum atomic E-state index is -0.503. The Labute approximate surface area is 105 Å². The summed E-state index contributed by atoms with van der Waals surface area (Å²) in [5.41, 5.74) is 0.436. The van der Waals surface area contributed by atoms with Crippen molar-refractivity contribution in [3.63, 3.8) is 0 Å². The van der Waals surface area contributed by atoms with Gasteiger partial charge in [-0.1, -0.05) is 11.6 Å². The van der Waals surface area contributed by atoms with E-state index in [1.54, 1.807) is 4.90 Å². The van der Waals surface area contributed by atoms with Gasteiger partial charge in [-0.2, -0.15) is 0 Å². The number of carbonyl (C=O) groups is 1. The first kappa shape index (κ1) is 12.3. The largest absolute Gasteiger partial charge is 0.336 e. The summed E-state index contributed by atoms with van der Waals surface area (Å²) in [6, 6.07) is 4.35. The summed E-state index contributed by atoms with van der Waals surface area (Å²) in [5, 5.41) is 3.24. The van der Waals surface area contributed by atoms with Gasteiger partial charge in [-0.3, -0.25) is 4.79 Å². The first-order valence-electron chi connectivity index (χ1n) is 5.55. The van der Waals surface area contributed by atoms with Crippen LogP contribution in [0.15, 0.2) is 18.2 Å². The number of hydrogen-bond donors (Lipinski definition) is 1. The molecule has 3 nitrogen and oxygen atoms in total. The van der Waals surface area contributed by atoms with Crippen LogP contribution in [0.25, 0.3) is 0 Å². The van der Waals surface area contributed by atoms with E-state index in [9.17, 15) is 9.18 Å². The molecule has 1 heterocycles. The third-order valence-electron chi connectivity index (χ3n) is 2.82. The molecule has 0 saturated carbocycles. The number of rotatable bonds is 1. The van der Waals surface area contributed by atoms with Crippen molar-refractivity contribution in [2.45, 2.75) is 13.0 Å². The van der Waals surface area contributed by atoms with Crippen LogP contribution >= 0.6 is 11.6 Å². The molecule has 1 aliphatic heterocycles. The molecule has 17 heavy (non-hydrogen) atoms. The van der Waals surface area contributed by atoms with E-state index in [0.717, 1.165) is 6.54 Å². The van der Waals surface area contributed by atoms with Gasteiger partial charge in [-0.05, 0) is 25.1 Å². The van der Waals surface area contributed by atoms with Gasteiger partial charge in [0.15, 0.2) is 0 Å². The van der Waals surface area contributed by atoms with Crippen molar-refractivity contribution < 1.29 is 9.18 Å². The van der Waals surface area contributed by atoms with Crippen molar-refractivity contribution in [2.24, 2.45) is 0 Å². The molecule has 0 radical (unpaired) electrons. The molecular formula is C12H14ClFN2O. The number of halogens is 2. The predicted molar refractivity (Wildman–Crippen MR) is 64.8 cm³/mol. The molecule has 1 atom stereocenters. The molecule has 1 saturated heterocycles. The summed E-state index contributed by atoms with van der Waals surface area (Å²) < 4.78 is 13.0. The lowest BCUT2D eigenvalue weighted by Crippen LogP contribution is -2.51. The van der Waals surface area contributed by atoms with E-state index in [4.69, 9.17) is 11.6 Å². The highest BCUT2D eigenvalue weighted by Gasteiger charge is 2.21. The Morgan fingerprint density at radius 1 is 1.59 bits per heavy atom. The predicted octanol–water partition coefficient (Wildman–Crippen LogP) is 1.91. The Bertz CT molecular complexity index is 439. The van der Waals surface area contributed by atoms with Crippen molar-refractivity contribution in [1.29, 1.82) is 0 Å². The van der Waals surface area contributed by atoms with Gasteiger partial charge >= 0.3 is 0 Å². The summed E-state index contributed by atoms with van der Waals surface area (Å²) >= 11 is 5.67. The van der Waals surface area contributed by atoms with Gasteiger partial charge in [0, 0.05) is 31.2 Å². The zero-order valence-electron chi connectivity index (χ0n) is 9.54. The van der Waals surface area contributed by atoms with Crippen LogP contribution in [0.1, 0.15) is 17.3 Å². The van der Waals surface area contributed by atoms with Gasteiger partial charge in [-0.25, -0.2) is 4.39 Å². The van der Waals surface area contributed by atoms with Gasteiger partial charge in [0.1, 0.15) is 5.82 Å². The van der Waals surface area contributed by atoms with Crippen LogP contribution in [-0.2, 0) is 0 Å². The molecule has 92 valence electrons. The number of benzene rings is 1. The van der Waals surface area contributed by atoms with Gasteiger partial charge in [0.2, 0.25) is 0 Å². The van der Waals surface area contributed by atoms with Crippen molar-refractivity contribution in [1.82, 2.24) is 10.2 Å². The SMILES string of the molecule is C[C@H]1CN(C(=O)c2ccc(F)c(Cl)c2)CCN1. The number of carbonyl (C=O) groups excluding carboxylic acids is 1. The molecule has 1 aromatic carbocycles. The summed E-state index contributed by atoms with van der Waals surface area (Å²) in [6.45, 7) is 4.13. The molecule has 1 N–H and O–H groups in total. The maximum Gasteiger partial charge on any atom is 0.254 e. The minimum absolute atomic E-state index is 0.0148. The van der Waals surface area contributed by atoms with Crippen LogP contribution in [0, 0.1) is 5.82 Å². The molecule has 5 heteroatoms. The Morgan fingerprint density at radius 3 is 3.00 bits per heavy atom. The Balaban J connectivity index is 2.15. The number of nitrogens with zero attached hydrogens (tertiary/aromatic N) is 1. The molecule has 0 bridgehead atoms. The Hall–Kier alpha value is -1.13. The molecule has 1 aliphatic rings. The van der Waals surface area contributed by atoms with E-state index < -0.39 is 5.82 Å². The maximum atomic E-state index is 13.0. The topological polar surface area (TPSA) is 32.3 Å². The first-order chi connectivity index (χ1) is 8.08. The van der Waals surface area contributed by atoms with Crippen molar-refractivity contribution in [3.8, 4) is 0 Å². The summed E-state index contributed by atoms with van der Waals surface area (Å²) in [7, 11) is 0. The highest BCUT2D eigenvalue weighted by molar-refractivity contribution is 6.31. The van der Waals surface area contributed by atoms with Crippen molar-refractivity contribution in [3.05, 3.63) is 34.6 Å². The Morgan fingerprint density at radius 2 is 2.35 bits per heavy atom. The average Bonchev–Trinajstić information content (AvgIpc) is 2.32. The zero-order chi connectivity index (χ0) is 12.4. The number of hydrogen-bond acceptors (Lipinski definition) is 2. The molecule has 1 amide bonds. The smallest absolute Gasteiger partial charge is 0.254 e. The van der Waals surface area contributed by atoms with Crippen LogP contribution in [0.2, 0.25) is 5.02 Å². The second kappa shape index (κ2) is 5.02. The molecular weight excluding hydrogens is 243 g/mol. The van der Waals surface area contributed by atoms with Crippen LogP contribution in [0.3, 0.4) is 0 Å². The third-order valence-corrected chi connectivity index (χ3v) is 3.11. The number of piperazine rings is 1. The quantitative estimate of drug-likeness (QED) is 0.833. The normalized spacial score (nSPS) is 20.4. The molecule has 0 aromatic heterocycles. The van der Waals surface area contributed by atoms with Crippen LogP contribution in [-0.4, -0.2) is 36.5 Å². The highest BCUT2D eigenvalue weighted by atomic mass is 35.5. The van der Waals surface area contributed by atoms with Gasteiger partial charge in [-0.15, -0.1) is 0 Å². The molecule has 1 aromatic rings. The second-order valence-electron chi connectivity index (χ2n) is 4.24. The standard InChI is InChI=1S/C12H14ClFN2O/c1-8-7-16(5-4-15-8)12(17)9-2-3-11(14)10(13)6-9/h2-3,6,8,15H,4-5,7H2,1H3/t8-/m0/s1. The summed E-state index contributed by atoms with van der Waals surface area (Å²) in [6.07, 6.45) is 0.